The average Bonchev–Trinajstić information content (AvgIpc) is 3.22. The van der Waals surface area contributed by atoms with Gasteiger partial charge in [-0.1, -0.05) is 34.1 Å². The van der Waals surface area contributed by atoms with E-state index >= 15 is 0 Å². The number of furan rings is 1. The second-order valence-electron chi connectivity index (χ2n) is 6.69. The second-order valence-corrected chi connectivity index (χ2v) is 7.54. The van der Waals surface area contributed by atoms with Gasteiger partial charge in [0.25, 0.3) is 0 Å². The van der Waals surface area contributed by atoms with Gasteiger partial charge in [-0.25, -0.2) is 0 Å². The summed E-state index contributed by atoms with van der Waals surface area (Å²) in [6.07, 6.45) is 1.71. The van der Waals surface area contributed by atoms with Gasteiger partial charge < -0.3 is 13.9 Å². The van der Waals surface area contributed by atoms with E-state index in [9.17, 15) is 0 Å². The lowest BCUT2D eigenvalue weighted by Crippen LogP contribution is -1.89. The maximum atomic E-state index is 5.92. The van der Waals surface area contributed by atoms with E-state index in [2.05, 4.69) is 40.0 Å². The second kappa shape index (κ2) is 9.01. The number of nitrogens with zero attached hydrogens (tertiary/aromatic N) is 1. The molecule has 0 radical (unpaired) electrons. The lowest BCUT2D eigenvalue weighted by Gasteiger charge is -2.09. The van der Waals surface area contributed by atoms with E-state index in [-0.39, 0.29) is 0 Å². The molecule has 150 valence electrons. The average molecular weight is 462 g/mol. The maximum absolute atomic E-state index is 5.92. The standard InChI is InChI=1S/C25H20BrNO3/c1-17-7-13-21(22(26)15-17)23-14-12-20(30-23)16-27-18-8-10-19(11-9-18)29-25-6-4-3-5-24(25)28-2/h3-16H,1-2H3. The molecule has 0 bridgehead atoms. The minimum absolute atomic E-state index is 0.668. The van der Waals surface area contributed by atoms with Crippen molar-refractivity contribution in [1.29, 1.82) is 0 Å². The monoisotopic (exact) mass is 461 g/mol. The third-order valence-electron chi connectivity index (χ3n) is 4.49. The molecule has 0 aliphatic heterocycles. The highest BCUT2D eigenvalue weighted by atomic mass is 79.9. The Morgan fingerprint density at radius 2 is 1.67 bits per heavy atom. The fourth-order valence-electron chi connectivity index (χ4n) is 2.96. The van der Waals surface area contributed by atoms with Crippen LogP contribution in [0.25, 0.3) is 11.3 Å². The minimum atomic E-state index is 0.668. The minimum Gasteiger partial charge on any atom is -0.493 e. The molecule has 0 N–H and O–H groups in total. The zero-order valence-electron chi connectivity index (χ0n) is 16.6. The summed E-state index contributed by atoms with van der Waals surface area (Å²) in [5.74, 6) is 3.55. The summed E-state index contributed by atoms with van der Waals surface area (Å²) in [5, 5.41) is 0. The molecule has 0 saturated heterocycles. The zero-order chi connectivity index (χ0) is 20.9. The summed E-state index contributed by atoms with van der Waals surface area (Å²) >= 11 is 3.59. The molecule has 4 aromatic rings. The van der Waals surface area contributed by atoms with Gasteiger partial charge >= 0.3 is 0 Å². The molecule has 4 rings (SSSR count). The smallest absolute Gasteiger partial charge is 0.169 e. The first kappa shape index (κ1) is 20.0. The molecular formula is C25H20BrNO3. The van der Waals surface area contributed by atoms with Crippen LogP contribution < -0.4 is 9.47 Å². The van der Waals surface area contributed by atoms with Crippen LogP contribution >= 0.6 is 15.9 Å². The van der Waals surface area contributed by atoms with Crippen molar-refractivity contribution in [3.63, 3.8) is 0 Å². The third kappa shape index (κ3) is 4.63. The Morgan fingerprint density at radius 1 is 0.900 bits per heavy atom. The van der Waals surface area contributed by atoms with Crippen LogP contribution in [0.3, 0.4) is 0 Å². The quantitative estimate of drug-likeness (QED) is 0.278. The highest BCUT2D eigenvalue weighted by molar-refractivity contribution is 9.10. The Labute approximate surface area is 183 Å². The van der Waals surface area contributed by atoms with Crippen LogP contribution in [0.5, 0.6) is 17.2 Å². The molecule has 4 nitrogen and oxygen atoms in total. The van der Waals surface area contributed by atoms with Gasteiger partial charge in [-0.2, -0.15) is 0 Å². The predicted octanol–water partition coefficient (Wildman–Crippen LogP) is 7.57. The summed E-state index contributed by atoms with van der Waals surface area (Å²) in [6, 6.07) is 25.1. The number of methoxy groups -OCH3 is 1. The van der Waals surface area contributed by atoms with Gasteiger partial charge in [0.2, 0.25) is 0 Å². The number of hydrogen-bond acceptors (Lipinski definition) is 4. The van der Waals surface area contributed by atoms with Gasteiger partial charge in [0, 0.05) is 10.0 Å². The van der Waals surface area contributed by atoms with E-state index in [1.807, 2.05) is 66.7 Å². The van der Waals surface area contributed by atoms with E-state index in [1.165, 1.54) is 5.56 Å². The molecule has 0 saturated carbocycles. The van der Waals surface area contributed by atoms with Gasteiger partial charge in [0.05, 0.1) is 19.0 Å². The molecule has 5 heteroatoms. The first-order valence-corrected chi connectivity index (χ1v) is 10.2. The molecule has 0 amide bonds. The molecular weight excluding hydrogens is 442 g/mol. The predicted molar refractivity (Wildman–Crippen MR) is 123 cm³/mol. The van der Waals surface area contributed by atoms with Crippen molar-refractivity contribution in [3.8, 4) is 28.6 Å². The summed E-state index contributed by atoms with van der Waals surface area (Å²) < 4.78 is 18.1. The molecule has 0 fully saturated rings. The van der Waals surface area contributed by atoms with Crippen molar-refractivity contribution in [2.24, 2.45) is 4.99 Å². The van der Waals surface area contributed by atoms with Crippen LogP contribution in [0.4, 0.5) is 5.69 Å². The fourth-order valence-corrected chi connectivity index (χ4v) is 3.64. The maximum Gasteiger partial charge on any atom is 0.169 e. The van der Waals surface area contributed by atoms with E-state index in [0.29, 0.717) is 23.0 Å². The third-order valence-corrected chi connectivity index (χ3v) is 5.15. The zero-order valence-corrected chi connectivity index (χ0v) is 18.2. The van der Waals surface area contributed by atoms with Gasteiger partial charge in [-0.15, -0.1) is 0 Å². The van der Waals surface area contributed by atoms with Crippen LogP contribution in [-0.2, 0) is 0 Å². The summed E-state index contributed by atoms with van der Waals surface area (Å²) in [5.41, 5.74) is 3.01. The van der Waals surface area contributed by atoms with Crippen molar-refractivity contribution in [2.45, 2.75) is 6.92 Å². The van der Waals surface area contributed by atoms with Crippen molar-refractivity contribution < 1.29 is 13.9 Å². The van der Waals surface area contributed by atoms with Gasteiger partial charge in [-0.3, -0.25) is 4.99 Å². The topological polar surface area (TPSA) is 44.0 Å². The number of rotatable bonds is 6. The normalized spacial score (nSPS) is 11.0. The summed E-state index contributed by atoms with van der Waals surface area (Å²) in [4.78, 5) is 4.49. The van der Waals surface area contributed by atoms with Crippen LogP contribution in [-0.4, -0.2) is 13.3 Å². The van der Waals surface area contributed by atoms with E-state index in [4.69, 9.17) is 13.9 Å². The Bertz CT molecular complexity index is 1180. The lowest BCUT2D eigenvalue weighted by atomic mass is 10.1. The molecule has 0 aliphatic carbocycles. The Morgan fingerprint density at radius 3 is 2.40 bits per heavy atom. The molecule has 3 aromatic carbocycles. The SMILES string of the molecule is COc1ccccc1Oc1ccc(N=Cc2ccc(-c3ccc(C)cc3Br)o2)cc1. The number of halogens is 1. The number of ether oxygens (including phenoxy) is 2. The van der Waals surface area contributed by atoms with Crippen LogP contribution in [0.1, 0.15) is 11.3 Å². The highest BCUT2D eigenvalue weighted by Crippen LogP contribution is 2.32. The molecule has 0 atom stereocenters. The first-order chi connectivity index (χ1) is 14.6. The molecule has 1 heterocycles. The molecule has 0 spiro atoms. The number of aliphatic imine (C=N–C) groups is 1. The molecule has 1 aromatic heterocycles. The molecule has 0 unspecified atom stereocenters. The van der Waals surface area contributed by atoms with Crippen LogP contribution in [0, 0.1) is 6.92 Å². The number of hydrogen-bond donors (Lipinski definition) is 0. The van der Waals surface area contributed by atoms with E-state index in [0.717, 1.165) is 21.5 Å². The number of para-hydroxylation sites is 2. The van der Waals surface area contributed by atoms with Gasteiger partial charge in [0.15, 0.2) is 11.5 Å². The van der Waals surface area contributed by atoms with E-state index < -0.39 is 0 Å². The van der Waals surface area contributed by atoms with E-state index in [1.54, 1.807) is 13.3 Å². The van der Waals surface area contributed by atoms with Gasteiger partial charge in [-0.05, 0) is 73.2 Å². The Kier molecular flexibility index (Phi) is 6.00. The van der Waals surface area contributed by atoms with Crippen molar-refractivity contribution in [3.05, 3.63) is 94.7 Å². The highest BCUT2D eigenvalue weighted by Gasteiger charge is 2.08. The van der Waals surface area contributed by atoms with Crippen molar-refractivity contribution in [2.75, 3.05) is 7.11 Å². The van der Waals surface area contributed by atoms with Crippen LogP contribution in [0.15, 0.2) is 92.7 Å². The summed E-state index contributed by atoms with van der Waals surface area (Å²) in [6.45, 7) is 2.06. The van der Waals surface area contributed by atoms with Crippen LogP contribution in [0.2, 0.25) is 0 Å². The Hall–Kier alpha value is -3.31. The van der Waals surface area contributed by atoms with Crippen molar-refractivity contribution >= 4 is 27.8 Å². The Balaban J connectivity index is 1.45. The van der Waals surface area contributed by atoms with Crippen molar-refractivity contribution in [1.82, 2.24) is 0 Å². The summed E-state index contributed by atoms with van der Waals surface area (Å²) in [7, 11) is 1.62. The molecule has 0 aliphatic rings. The van der Waals surface area contributed by atoms with Gasteiger partial charge in [0.1, 0.15) is 17.3 Å². The lowest BCUT2D eigenvalue weighted by molar-refractivity contribution is 0.379. The molecule has 30 heavy (non-hydrogen) atoms. The largest absolute Gasteiger partial charge is 0.493 e. The number of benzene rings is 3. The number of aryl methyl sites for hydroxylation is 1. The fraction of sp³-hybridized carbons (Fsp3) is 0.0800. The first-order valence-electron chi connectivity index (χ1n) is 9.44.